The van der Waals surface area contributed by atoms with Gasteiger partial charge in [-0.2, -0.15) is 4.98 Å². The van der Waals surface area contributed by atoms with Gasteiger partial charge in [-0.05, 0) is 18.2 Å². The molecule has 0 bridgehead atoms. The predicted octanol–water partition coefficient (Wildman–Crippen LogP) is 4.36. The molecule has 0 saturated heterocycles. The van der Waals surface area contributed by atoms with Crippen molar-refractivity contribution in [3.05, 3.63) is 78.4 Å². The number of rotatable bonds is 7. The lowest BCUT2D eigenvalue weighted by atomic mass is 10.1. The van der Waals surface area contributed by atoms with Gasteiger partial charge in [-0.15, -0.1) is 0 Å². The number of hydrogen-bond acceptors (Lipinski definition) is 7. The van der Waals surface area contributed by atoms with Gasteiger partial charge in [-0.3, -0.25) is 0 Å². The molecule has 0 N–H and O–H groups in total. The fourth-order valence-electron chi connectivity index (χ4n) is 2.40. The van der Waals surface area contributed by atoms with Gasteiger partial charge < -0.3 is 18.9 Å². The first-order chi connectivity index (χ1) is 14.1. The third-order valence-corrected chi connectivity index (χ3v) is 3.68. The standard InChI is InChI=1S/C21H17FN2O5/c1-26-13-15(20(25)27-2)14-7-3-5-9-17(14)29-21-23-12-11-19(24-21)28-18-10-6-4-8-16(18)22/h3-13H,1-2H3. The molecular formula is C21H17FN2O5. The number of hydrogen-bond donors (Lipinski definition) is 0. The van der Waals surface area contributed by atoms with Gasteiger partial charge in [-0.25, -0.2) is 14.2 Å². The van der Waals surface area contributed by atoms with Crippen molar-refractivity contribution in [1.82, 2.24) is 9.97 Å². The van der Waals surface area contributed by atoms with Crippen molar-refractivity contribution in [2.24, 2.45) is 0 Å². The van der Waals surface area contributed by atoms with E-state index in [-0.39, 0.29) is 23.2 Å². The van der Waals surface area contributed by atoms with Gasteiger partial charge in [0.1, 0.15) is 11.3 Å². The molecule has 0 radical (unpaired) electrons. The molecule has 2 aromatic carbocycles. The van der Waals surface area contributed by atoms with Crippen LogP contribution in [0.2, 0.25) is 0 Å². The first-order valence-electron chi connectivity index (χ1n) is 8.46. The third kappa shape index (κ3) is 4.86. The summed E-state index contributed by atoms with van der Waals surface area (Å²) in [6.45, 7) is 0. The van der Waals surface area contributed by atoms with Gasteiger partial charge in [0.15, 0.2) is 11.6 Å². The number of carbonyl (C=O) groups excluding carboxylic acids is 1. The number of ether oxygens (including phenoxy) is 4. The normalized spacial score (nSPS) is 10.9. The van der Waals surface area contributed by atoms with Crippen LogP contribution in [0.15, 0.2) is 67.1 Å². The molecule has 7 nitrogen and oxygen atoms in total. The fourth-order valence-corrected chi connectivity index (χ4v) is 2.40. The summed E-state index contributed by atoms with van der Waals surface area (Å²) >= 11 is 0. The first-order valence-corrected chi connectivity index (χ1v) is 8.46. The highest BCUT2D eigenvalue weighted by Crippen LogP contribution is 2.31. The number of benzene rings is 2. The van der Waals surface area contributed by atoms with Crippen molar-refractivity contribution in [3.63, 3.8) is 0 Å². The highest BCUT2D eigenvalue weighted by molar-refractivity contribution is 6.17. The maximum Gasteiger partial charge on any atom is 0.341 e. The zero-order chi connectivity index (χ0) is 20.6. The zero-order valence-electron chi connectivity index (χ0n) is 15.7. The van der Waals surface area contributed by atoms with Crippen LogP contribution in [-0.4, -0.2) is 30.2 Å². The van der Waals surface area contributed by atoms with E-state index in [9.17, 15) is 9.18 Å². The van der Waals surface area contributed by atoms with Gasteiger partial charge in [0.05, 0.1) is 20.5 Å². The smallest absolute Gasteiger partial charge is 0.341 e. The van der Waals surface area contributed by atoms with Crippen LogP contribution >= 0.6 is 0 Å². The Labute approximate surface area is 166 Å². The lowest BCUT2D eigenvalue weighted by Crippen LogP contribution is -2.06. The topological polar surface area (TPSA) is 79.8 Å². The van der Waals surface area contributed by atoms with Gasteiger partial charge in [0, 0.05) is 17.8 Å². The summed E-state index contributed by atoms with van der Waals surface area (Å²) < 4.78 is 34.7. The maximum absolute atomic E-state index is 13.8. The highest BCUT2D eigenvalue weighted by atomic mass is 19.1. The summed E-state index contributed by atoms with van der Waals surface area (Å²) in [7, 11) is 2.68. The molecule has 1 aromatic heterocycles. The Kier molecular flexibility index (Phi) is 6.36. The highest BCUT2D eigenvalue weighted by Gasteiger charge is 2.19. The van der Waals surface area contributed by atoms with Crippen LogP contribution in [0.25, 0.3) is 5.57 Å². The van der Waals surface area contributed by atoms with Crippen molar-refractivity contribution >= 4 is 11.5 Å². The summed E-state index contributed by atoms with van der Waals surface area (Å²) in [5, 5.41) is 0. The van der Waals surface area contributed by atoms with E-state index in [0.717, 1.165) is 0 Å². The second kappa shape index (κ2) is 9.32. The molecule has 148 valence electrons. The second-order valence-electron chi connectivity index (χ2n) is 5.57. The molecule has 0 unspecified atom stereocenters. The number of aromatic nitrogens is 2. The van der Waals surface area contributed by atoms with Crippen molar-refractivity contribution in [3.8, 4) is 23.4 Å². The van der Waals surface area contributed by atoms with Gasteiger partial charge >= 0.3 is 12.0 Å². The van der Waals surface area contributed by atoms with Gasteiger partial charge in [0.25, 0.3) is 0 Å². The number of nitrogens with zero attached hydrogens (tertiary/aromatic N) is 2. The lowest BCUT2D eigenvalue weighted by molar-refractivity contribution is -0.133. The average Bonchev–Trinajstić information content (AvgIpc) is 2.74. The van der Waals surface area contributed by atoms with E-state index >= 15 is 0 Å². The van der Waals surface area contributed by atoms with E-state index in [1.165, 1.54) is 44.9 Å². The lowest BCUT2D eigenvalue weighted by Gasteiger charge is -2.12. The number of carbonyl (C=O) groups is 1. The van der Waals surface area contributed by atoms with Crippen LogP contribution in [0, 0.1) is 5.82 Å². The Hall–Kier alpha value is -3.94. The van der Waals surface area contributed by atoms with E-state index in [1.54, 1.807) is 36.4 Å². The van der Waals surface area contributed by atoms with Gasteiger partial charge in [0.2, 0.25) is 5.88 Å². The molecule has 29 heavy (non-hydrogen) atoms. The molecule has 0 fully saturated rings. The molecule has 3 rings (SSSR count). The Morgan fingerprint density at radius 1 is 0.966 bits per heavy atom. The van der Waals surface area contributed by atoms with Crippen molar-refractivity contribution in [1.29, 1.82) is 0 Å². The number of esters is 1. The molecule has 0 saturated carbocycles. The van der Waals surface area contributed by atoms with E-state index < -0.39 is 11.8 Å². The SMILES string of the molecule is COC=C(C(=O)OC)c1ccccc1Oc1nccc(Oc2ccccc2F)n1. The number of halogens is 1. The fraction of sp³-hybridized carbons (Fsp3) is 0.0952. The quantitative estimate of drug-likeness (QED) is 0.333. The van der Waals surface area contributed by atoms with Crippen molar-refractivity contribution < 1.29 is 28.1 Å². The van der Waals surface area contributed by atoms with Crippen LogP contribution in [0.4, 0.5) is 4.39 Å². The van der Waals surface area contributed by atoms with Crippen molar-refractivity contribution in [2.75, 3.05) is 14.2 Å². The average molecular weight is 396 g/mol. The minimum Gasteiger partial charge on any atom is -0.503 e. The number of methoxy groups -OCH3 is 2. The molecule has 0 aliphatic heterocycles. The Morgan fingerprint density at radius 3 is 2.41 bits per heavy atom. The summed E-state index contributed by atoms with van der Waals surface area (Å²) in [4.78, 5) is 20.2. The Balaban J connectivity index is 1.89. The molecule has 0 atom stereocenters. The van der Waals surface area contributed by atoms with Crippen LogP contribution in [0.1, 0.15) is 5.56 Å². The molecule has 0 aliphatic rings. The van der Waals surface area contributed by atoms with E-state index in [1.807, 2.05) is 0 Å². The van der Waals surface area contributed by atoms with Crippen LogP contribution < -0.4 is 9.47 Å². The molecule has 3 aromatic rings. The summed E-state index contributed by atoms with van der Waals surface area (Å²) in [6, 6.07) is 14.1. The maximum atomic E-state index is 13.8. The molecule has 0 aliphatic carbocycles. The van der Waals surface area contributed by atoms with Gasteiger partial charge in [-0.1, -0.05) is 30.3 Å². The molecule has 0 amide bonds. The van der Waals surface area contributed by atoms with E-state index in [2.05, 4.69) is 9.97 Å². The van der Waals surface area contributed by atoms with E-state index in [4.69, 9.17) is 18.9 Å². The van der Waals surface area contributed by atoms with Crippen molar-refractivity contribution in [2.45, 2.75) is 0 Å². The zero-order valence-corrected chi connectivity index (χ0v) is 15.7. The van der Waals surface area contributed by atoms with Crippen LogP contribution in [0.3, 0.4) is 0 Å². The molecular weight excluding hydrogens is 379 g/mol. The largest absolute Gasteiger partial charge is 0.503 e. The summed E-state index contributed by atoms with van der Waals surface area (Å²) in [5.74, 6) is -0.706. The molecule has 0 spiro atoms. The Bertz CT molecular complexity index is 1040. The minimum atomic E-state index is -0.597. The Morgan fingerprint density at radius 2 is 1.69 bits per heavy atom. The predicted molar refractivity (Wildman–Crippen MR) is 102 cm³/mol. The second-order valence-corrected chi connectivity index (χ2v) is 5.57. The van der Waals surface area contributed by atoms with Crippen LogP contribution in [-0.2, 0) is 14.3 Å². The summed E-state index contributed by atoms with van der Waals surface area (Å²) in [5.41, 5.74) is 0.578. The molecule has 1 heterocycles. The first kappa shape index (κ1) is 19.8. The molecule has 8 heteroatoms. The van der Waals surface area contributed by atoms with Crippen LogP contribution in [0.5, 0.6) is 23.4 Å². The summed E-state index contributed by atoms with van der Waals surface area (Å²) in [6.07, 6.45) is 2.67. The third-order valence-electron chi connectivity index (χ3n) is 3.68. The van der Waals surface area contributed by atoms with E-state index in [0.29, 0.717) is 11.3 Å². The monoisotopic (exact) mass is 396 g/mol. The number of para-hydroxylation sites is 2. The minimum absolute atomic E-state index is 0.0218.